The number of carbonyl (C=O) groups is 1. The minimum Gasteiger partial charge on any atom is -0.399 e. The first-order chi connectivity index (χ1) is 9.61. The second-order valence-electron chi connectivity index (χ2n) is 5.67. The lowest BCUT2D eigenvalue weighted by Gasteiger charge is -2.17. The van der Waals surface area contributed by atoms with E-state index in [0.717, 1.165) is 0 Å². The van der Waals surface area contributed by atoms with Gasteiger partial charge in [0, 0.05) is 33.4 Å². The lowest BCUT2D eigenvalue weighted by Crippen LogP contribution is -2.24. The zero-order valence-electron chi connectivity index (χ0n) is 12.3. The SMILES string of the molecule is CC(C)(C)S(=O)CCCC(=O)Nc1c(Cl)cc(N)cc1Cl. The first kappa shape index (κ1) is 18.3. The summed E-state index contributed by atoms with van der Waals surface area (Å²) in [5.74, 6) is 0.273. The summed E-state index contributed by atoms with van der Waals surface area (Å²) in [5.41, 5.74) is 6.39. The van der Waals surface area contributed by atoms with E-state index in [1.165, 1.54) is 12.1 Å². The Balaban J connectivity index is 2.54. The van der Waals surface area contributed by atoms with Gasteiger partial charge in [-0.25, -0.2) is 0 Å². The Morgan fingerprint density at radius 3 is 2.29 bits per heavy atom. The fourth-order valence-corrected chi connectivity index (χ4v) is 3.20. The molecule has 4 nitrogen and oxygen atoms in total. The average Bonchev–Trinajstić information content (AvgIpc) is 2.32. The van der Waals surface area contributed by atoms with Gasteiger partial charge in [-0.05, 0) is 39.3 Å². The molecule has 0 aromatic heterocycles. The van der Waals surface area contributed by atoms with Crippen molar-refractivity contribution < 1.29 is 9.00 Å². The van der Waals surface area contributed by atoms with Gasteiger partial charge in [0.2, 0.25) is 5.91 Å². The molecule has 0 fully saturated rings. The zero-order chi connectivity index (χ0) is 16.2. The number of halogens is 2. The molecule has 118 valence electrons. The van der Waals surface area contributed by atoms with Crippen LogP contribution >= 0.6 is 23.2 Å². The van der Waals surface area contributed by atoms with E-state index in [1.54, 1.807) is 0 Å². The van der Waals surface area contributed by atoms with Crippen molar-refractivity contribution in [2.45, 2.75) is 38.4 Å². The monoisotopic (exact) mass is 350 g/mol. The average molecular weight is 351 g/mol. The number of nitrogens with two attached hydrogens (primary N) is 1. The summed E-state index contributed by atoms with van der Waals surface area (Å²) in [5, 5.41) is 3.26. The Hall–Kier alpha value is -0.780. The molecule has 0 spiro atoms. The number of benzene rings is 1. The van der Waals surface area contributed by atoms with Crippen molar-refractivity contribution >= 4 is 51.3 Å². The molecule has 0 bridgehead atoms. The van der Waals surface area contributed by atoms with Crippen molar-refractivity contribution in [3.05, 3.63) is 22.2 Å². The molecule has 1 amide bonds. The van der Waals surface area contributed by atoms with E-state index in [4.69, 9.17) is 28.9 Å². The molecule has 7 heteroatoms. The number of anilines is 2. The maximum atomic E-state index is 11.9. The van der Waals surface area contributed by atoms with Crippen molar-refractivity contribution in [2.24, 2.45) is 0 Å². The van der Waals surface area contributed by atoms with E-state index in [1.807, 2.05) is 20.8 Å². The number of rotatable bonds is 5. The molecule has 1 rings (SSSR count). The molecule has 1 aromatic carbocycles. The van der Waals surface area contributed by atoms with Gasteiger partial charge in [0.05, 0.1) is 15.7 Å². The van der Waals surface area contributed by atoms with Gasteiger partial charge in [-0.2, -0.15) is 0 Å². The van der Waals surface area contributed by atoms with Crippen LogP contribution in [0, 0.1) is 0 Å². The van der Waals surface area contributed by atoms with Gasteiger partial charge in [0.15, 0.2) is 0 Å². The number of nitrogen functional groups attached to an aromatic ring is 1. The Labute approximate surface area is 137 Å². The highest BCUT2D eigenvalue weighted by molar-refractivity contribution is 7.86. The van der Waals surface area contributed by atoms with E-state index < -0.39 is 10.8 Å². The lowest BCUT2D eigenvalue weighted by molar-refractivity contribution is -0.116. The van der Waals surface area contributed by atoms with Crippen LogP contribution < -0.4 is 11.1 Å². The Bertz CT molecular complexity index is 533. The minimum absolute atomic E-state index is 0.213. The van der Waals surface area contributed by atoms with Crippen LogP contribution in [0.15, 0.2) is 12.1 Å². The van der Waals surface area contributed by atoms with E-state index in [0.29, 0.717) is 33.6 Å². The quantitative estimate of drug-likeness (QED) is 0.792. The molecule has 0 aliphatic heterocycles. The fourth-order valence-electron chi connectivity index (χ4n) is 1.58. The van der Waals surface area contributed by atoms with Crippen LogP contribution in [0.1, 0.15) is 33.6 Å². The van der Waals surface area contributed by atoms with Crippen LogP contribution in [0.5, 0.6) is 0 Å². The summed E-state index contributed by atoms with van der Waals surface area (Å²) in [6.07, 6.45) is 0.804. The van der Waals surface area contributed by atoms with Crippen molar-refractivity contribution in [3.8, 4) is 0 Å². The number of hydrogen-bond donors (Lipinski definition) is 2. The molecule has 0 saturated carbocycles. The number of nitrogens with one attached hydrogen (secondary N) is 1. The summed E-state index contributed by atoms with van der Waals surface area (Å²) in [7, 11) is -0.961. The molecular formula is C14H20Cl2N2O2S. The van der Waals surface area contributed by atoms with E-state index >= 15 is 0 Å². The van der Waals surface area contributed by atoms with Crippen LogP contribution in [-0.4, -0.2) is 20.6 Å². The lowest BCUT2D eigenvalue weighted by atomic mass is 10.2. The van der Waals surface area contributed by atoms with Crippen LogP contribution in [0.4, 0.5) is 11.4 Å². The largest absolute Gasteiger partial charge is 0.399 e. The first-order valence-corrected chi connectivity index (χ1v) is 8.61. The van der Waals surface area contributed by atoms with Crippen molar-refractivity contribution in [1.29, 1.82) is 0 Å². The van der Waals surface area contributed by atoms with Gasteiger partial charge in [-0.1, -0.05) is 23.2 Å². The predicted molar refractivity (Wildman–Crippen MR) is 91.5 cm³/mol. The van der Waals surface area contributed by atoms with Gasteiger partial charge in [-0.3, -0.25) is 9.00 Å². The summed E-state index contributed by atoms with van der Waals surface area (Å²) in [6, 6.07) is 3.05. The molecule has 1 atom stereocenters. The topological polar surface area (TPSA) is 72.2 Å². The van der Waals surface area contributed by atoms with E-state index in [9.17, 15) is 9.00 Å². The zero-order valence-corrected chi connectivity index (χ0v) is 14.7. The second kappa shape index (κ2) is 7.47. The molecular weight excluding hydrogens is 331 g/mol. The third kappa shape index (κ3) is 5.85. The normalized spacial score (nSPS) is 13.0. The van der Waals surface area contributed by atoms with E-state index in [-0.39, 0.29) is 17.1 Å². The minimum atomic E-state index is -0.961. The van der Waals surface area contributed by atoms with Crippen molar-refractivity contribution in [2.75, 3.05) is 16.8 Å². The summed E-state index contributed by atoms with van der Waals surface area (Å²) in [4.78, 5) is 11.9. The maximum absolute atomic E-state index is 11.9. The van der Waals surface area contributed by atoms with Gasteiger partial charge in [0.1, 0.15) is 0 Å². The van der Waals surface area contributed by atoms with Crippen LogP contribution in [0.25, 0.3) is 0 Å². The highest BCUT2D eigenvalue weighted by atomic mass is 35.5. The second-order valence-corrected chi connectivity index (χ2v) is 8.81. The molecule has 1 unspecified atom stereocenters. The predicted octanol–water partition coefficient (Wildman–Crippen LogP) is 3.84. The number of carbonyl (C=O) groups excluding carboxylic acids is 1. The Kier molecular flexibility index (Phi) is 6.50. The van der Waals surface area contributed by atoms with Gasteiger partial charge in [0.25, 0.3) is 0 Å². The molecule has 3 N–H and O–H groups in total. The third-order valence-electron chi connectivity index (χ3n) is 2.75. The number of amides is 1. The molecule has 21 heavy (non-hydrogen) atoms. The van der Waals surface area contributed by atoms with Crippen LogP contribution in [-0.2, 0) is 15.6 Å². The summed E-state index contributed by atoms with van der Waals surface area (Å²) in [6.45, 7) is 5.74. The Morgan fingerprint density at radius 2 is 1.81 bits per heavy atom. The van der Waals surface area contributed by atoms with Crippen LogP contribution in [0.3, 0.4) is 0 Å². The number of hydrogen-bond acceptors (Lipinski definition) is 3. The van der Waals surface area contributed by atoms with Crippen molar-refractivity contribution in [3.63, 3.8) is 0 Å². The standard InChI is InChI=1S/C14H20Cl2N2O2S/c1-14(2,3)21(20)6-4-5-12(19)18-13-10(15)7-9(17)8-11(13)16/h7-8H,4-6,17H2,1-3H3,(H,18,19). The first-order valence-electron chi connectivity index (χ1n) is 6.54. The van der Waals surface area contributed by atoms with Crippen LogP contribution in [0.2, 0.25) is 10.0 Å². The molecule has 0 saturated heterocycles. The van der Waals surface area contributed by atoms with Gasteiger partial charge >= 0.3 is 0 Å². The van der Waals surface area contributed by atoms with Gasteiger partial charge < -0.3 is 11.1 Å². The molecule has 0 radical (unpaired) electrons. The van der Waals surface area contributed by atoms with Crippen molar-refractivity contribution in [1.82, 2.24) is 0 Å². The fraction of sp³-hybridized carbons (Fsp3) is 0.500. The highest BCUT2D eigenvalue weighted by Crippen LogP contribution is 2.32. The highest BCUT2D eigenvalue weighted by Gasteiger charge is 2.19. The Morgan fingerprint density at radius 1 is 1.29 bits per heavy atom. The summed E-state index contributed by atoms with van der Waals surface area (Å²) < 4.78 is 11.6. The molecule has 0 aliphatic rings. The molecule has 0 aliphatic carbocycles. The maximum Gasteiger partial charge on any atom is 0.224 e. The van der Waals surface area contributed by atoms with E-state index in [2.05, 4.69) is 5.32 Å². The smallest absolute Gasteiger partial charge is 0.224 e. The third-order valence-corrected chi connectivity index (χ3v) is 5.37. The van der Waals surface area contributed by atoms with Gasteiger partial charge in [-0.15, -0.1) is 0 Å². The molecule has 0 heterocycles. The molecule has 1 aromatic rings. The summed E-state index contributed by atoms with van der Waals surface area (Å²) >= 11 is 12.0.